The summed E-state index contributed by atoms with van der Waals surface area (Å²) < 4.78 is 5.30. The molecule has 0 radical (unpaired) electrons. The molecule has 0 atom stereocenters. The summed E-state index contributed by atoms with van der Waals surface area (Å²) >= 11 is 0. The Kier molecular flexibility index (Phi) is 4.40. The number of esters is 1. The molecule has 0 saturated heterocycles. The number of rotatable bonds is 3. The molecule has 0 unspecified atom stereocenters. The molecule has 96 valence electrons. The lowest BCUT2D eigenvalue weighted by molar-refractivity contribution is 0.0421. The van der Waals surface area contributed by atoms with Crippen molar-refractivity contribution in [3.05, 3.63) is 23.5 Å². The number of carbonyl (C=O) groups is 1. The summed E-state index contributed by atoms with van der Waals surface area (Å²) in [5, 5.41) is 8.66. The summed E-state index contributed by atoms with van der Waals surface area (Å²) in [5.74, 6) is 0.141. The molecule has 4 heteroatoms. The second kappa shape index (κ2) is 6.25. The Morgan fingerprint density at radius 3 is 2.67 bits per heavy atom. The standard InChI is InChI=1S/C14H18N2O2/c15-9-12-7-8-13(16-12)14(17)18-10-11-5-3-1-2-4-6-11/h7-8,11,16H,1-6,10H2. The lowest BCUT2D eigenvalue weighted by Gasteiger charge is -2.13. The number of carbonyl (C=O) groups excluding carboxylic acids is 1. The van der Waals surface area contributed by atoms with Crippen LogP contribution in [0.4, 0.5) is 0 Å². The molecule has 1 fully saturated rings. The van der Waals surface area contributed by atoms with Crippen LogP contribution in [0.5, 0.6) is 0 Å². The monoisotopic (exact) mass is 246 g/mol. The molecule has 2 rings (SSSR count). The fourth-order valence-electron chi connectivity index (χ4n) is 2.38. The molecule has 18 heavy (non-hydrogen) atoms. The number of nitrogens with zero attached hydrogens (tertiary/aromatic N) is 1. The zero-order chi connectivity index (χ0) is 12.8. The predicted octanol–water partition coefficient (Wildman–Crippen LogP) is 3.01. The van der Waals surface area contributed by atoms with E-state index in [9.17, 15) is 4.79 Å². The van der Waals surface area contributed by atoms with Crippen molar-refractivity contribution in [3.63, 3.8) is 0 Å². The summed E-state index contributed by atoms with van der Waals surface area (Å²) in [6, 6.07) is 5.13. The van der Waals surface area contributed by atoms with E-state index in [1.807, 2.05) is 6.07 Å². The molecule has 1 aromatic heterocycles. The van der Waals surface area contributed by atoms with E-state index in [-0.39, 0.29) is 5.97 Å². The van der Waals surface area contributed by atoms with E-state index in [0.29, 0.717) is 23.9 Å². The molecule has 1 aliphatic rings. The molecule has 0 amide bonds. The van der Waals surface area contributed by atoms with Crippen LogP contribution in [0.3, 0.4) is 0 Å². The Morgan fingerprint density at radius 1 is 1.33 bits per heavy atom. The molecule has 1 heterocycles. The van der Waals surface area contributed by atoms with E-state index in [1.165, 1.54) is 25.7 Å². The van der Waals surface area contributed by atoms with Crippen molar-refractivity contribution >= 4 is 5.97 Å². The van der Waals surface area contributed by atoms with Crippen molar-refractivity contribution in [1.82, 2.24) is 4.98 Å². The SMILES string of the molecule is N#Cc1ccc(C(=O)OCC2CCCCCC2)[nH]1. The van der Waals surface area contributed by atoms with Crippen LogP contribution in [0.1, 0.15) is 54.7 Å². The molecule has 0 bridgehead atoms. The maximum atomic E-state index is 11.7. The summed E-state index contributed by atoms with van der Waals surface area (Å²) in [7, 11) is 0. The number of nitrogens with one attached hydrogen (secondary N) is 1. The quantitative estimate of drug-likeness (QED) is 0.658. The highest BCUT2D eigenvalue weighted by molar-refractivity contribution is 5.87. The van der Waals surface area contributed by atoms with Gasteiger partial charge < -0.3 is 9.72 Å². The molecule has 1 aliphatic carbocycles. The number of aromatic nitrogens is 1. The average molecular weight is 246 g/mol. The summed E-state index contributed by atoms with van der Waals surface area (Å²) in [5.41, 5.74) is 0.747. The Labute approximate surface area is 107 Å². The smallest absolute Gasteiger partial charge is 0.354 e. The van der Waals surface area contributed by atoms with Gasteiger partial charge in [0, 0.05) is 0 Å². The van der Waals surface area contributed by atoms with Crippen molar-refractivity contribution in [3.8, 4) is 6.07 Å². The number of hydrogen-bond donors (Lipinski definition) is 1. The van der Waals surface area contributed by atoms with Crippen molar-refractivity contribution in [2.24, 2.45) is 5.92 Å². The normalized spacial score (nSPS) is 16.8. The van der Waals surface area contributed by atoms with E-state index in [1.54, 1.807) is 12.1 Å². The number of aromatic amines is 1. The molecule has 1 N–H and O–H groups in total. The lowest BCUT2D eigenvalue weighted by atomic mass is 10.0. The van der Waals surface area contributed by atoms with Gasteiger partial charge in [-0.15, -0.1) is 0 Å². The van der Waals surface area contributed by atoms with Crippen molar-refractivity contribution in [1.29, 1.82) is 5.26 Å². The first-order valence-corrected chi connectivity index (χ1v) is 6.56. The van der Waals surface area contributed by atoms with Gasteiger partial charge >= 0.3 is 5.97 Å². The molecule has 0 aromatic carbocycles. The van der Waals surface area contributed by atoms with Crippen molar-refractivity contribution in [2.75, 3.05) is 6.61 Å². The average Bonchev–Trinajstić information content (AvgIpc) is 2.73. The van der Waals surface area contributed by atoms with Gasteiger partial charge in [0.1, 0.15) is 17.5 Å². The van der Waals surface area contributed by atoms with Gasteiger partial charge in [-0.1, -0.05) is 25.7 Å². The molecule has 0 spiro atoms. The van der Waals surface area contributed by atoms with Gasteiger partial charge in [-0.3, -0.25) is 0 Å². The van der Waals surface area contributed by atoms with E-state index in [2.05, 4.69) is 4.98 Å². The van der Waals surface area contributed by atoms with Crippen LogP contribution in [0.15, 0.2) is 12.1 Å². The van der Waals surface area contributed by atoms with Crippen LogP contribution in [0.25, 0.3) is 0 Å². The highest BCUT2D eigenvalue weighted by atomic mass is 16.5. The van der Waals surface area contributed by atoms with Crippen LogP contribution >= 0.6 is 0 Å². The maximum absolute atomic E-state index is 11.7. The molecule has 0 aliphatic heterocycles. The first kappa shape index (κ1) is 12.7. The molecular formula is C14H18N2O2. The van der Waals surface area contributed by atoms with Crippen LogP contribution < -0.4 is 0 Å². The minimum absolute atomic E-state index is 0.360. The molecular weight excluding hydrogens is 228 g/mol. The third-order valence-electron chi connectivity index (χ3n) is 3.45. The largest absolute Gasteiger partial charge is 0.461 e. The second-order valence-corrected chi connectivity index (χ2v) is 4.85. The zero-order valence-corrected chi connectivity index (χ0v) is 10.4. The molecule has 1 saturated carbocycles. The highest BCUT2D eigenvalue weighted by Crippen LogP contribution is 2.23. The number of nitriles is 1. The lowest BCUT2D eigenvalue weighted by Crippen LogP contribution is -2.14. The number of H-pyrrole nitrogens is 1. The van der Waals surface area contributed by atoms with Crippen molar-refractivity contribution in [2.45, 2.75) is 38.5 Å². The van der Waals surface area contributed by atoms with Crippen LogP contribution in [0, 0.1) is 17.2 Å². The fourth-order valence-corrected chi connectivity index (χ4v) is 2.38. The van der Waals surface area contributed by atoms with E-state index in [0.717, 1.165) is 12.8 Å². The van der Waals surface area contributed by atoms with Gasteiger partial charge in [0.15, 0.2) is 0 Å². The number of ether oxygens (including phenoxy) is 1. The highest BCUT2D eigenvalue weighted by Gasteiger charge is 2.16. The van der Waals surface area contributed by atoms with E-state index >= 15 is 0 Å². The van der Waals surface area contributed by atoms with Gasteiger partial charge in [0.05, 0.1) is 6.61 Å². The second-order valence-electron chi connectivity index (χ2n) is 4.85. The Balaban J connectivity index is 1.82. The van der Waals surface area contributed by atoms with E-state index < -0.39 is 0 Å². The van der Waals surface area contributed by atoms with Crippen LogP contribution in [0.2, 0.25) is 0 Å². The Bertz CT molecular complexity index is 437. The first-order valence-electron chi connectivity index (χ1n) is 6.56. The van der Waals surface area contributed by atoms with Gasteiger partial charge in [-0.25, -0.2) is 4.79 Å². The number of hydrogen-bond acceptors (Lipinski definition) is 3. The Morgan fingerprint density at radius 2 is 2.06 bits per heavy atom. The third-order valence-corrected chi connectivity index (χ3v) is 3.45. The van der Waals surface area contributed by atoms with Crippen molar-refractivity contribution < 1.29 is 9.53 Å². The van der Waals surface area contributed by atoms with Gasteiger partial charge in [0.25, 0.3) is 0 Å². The van der Waals surface area contributed by atoms with Gasteiger partial charge in [-0.05, 0) is 30.9 Å². The summed E-state index contributed by atoms with van der Waals surface area (Å²) in [6.45, 7) is 0.500. The van der Waals surface area contributed by atoms with Crippen LogP contribution in [-0.2, 0) is 4.74 Å². The fraction of sp³-hybridized carbons (Fsp3) is 0.571. The van der Waals surface area contributed by atoms with Crippen LogP contribution in [-0.4, -0.2) is 17.6 Å². The predicted molar refractivity (Wildman–Crippen MR) is 67.0 cm³/mol. The summed E-state index contributed by atoms with van der Waals surface area (Å²) in [6.07, 6.45) is 7.38. The molecule has 1 aromatic rings. The minimum atomic E-state index is -0.360. The minimum Gasteiger partial charge on any atom is -0.461 e. The first-order chi connectivity index (χ1) is 8.79. The topological polar surface area (TPSA) is 65.9 Å². The zero-order valence-electron chi connectivity index (χ0n) is 10.4. The van der Waals surface area contributed by atoms with Gasteiger partial charge in [-0.2, -0.15) is 5.26 Å². The third kappa shape index (κ3) is 3.36. The molecule has 4 nitrogen and oxygen atoms in total. The maximum Gasteiger partial charge on any atom is 0.354 e. The summed E-state index contributed by atoms with van der Waals surface area (Å²) in [4.78, 5) is 14.5. The van der Waals surface area contributed by atoms with E-state index in [4.69, 9.17) is 10.00 Å². The Hall–Kier alpha value is -1.76. The van der Waals surface area contributed by atoms with Gasteiger partial charge in [0.2, 0.25) is 0 Å².